The standard InChI is InChI=1S/C37H65NO6/c1-3-5-7-8-9-10-11-12-13-14-18-22-27-34(41)33(31-39)38-37(44)30-24-29-36(43)35(42)28-23-19-16-15-17-21-26-32(40)25-20-6-4-2/h15-17,19,21-23,26-28,32-36,39-43H,3-14,18,20,24-25,29-31H2,1-2H3,(H,38,44)/b17-15-,19-16+,26-21+,27-22+,28-23+/t32-,33-,34+,35-,36-/m0/s1. The predicted octanol–water partition coefficient (Wildman–Crippen LogP) is 6.75. The van der Waals surface area contributed by atoms with Crippen molar-refractivity contribution in [3.63, 3.8) is 0 Å². The lowest BCUT2D eigenvalue weighted by Crippen LogP contribution is -2.45. The van der Waals surface area contributed by atoms with Crippen LogP contribution in [0.2, 0.25) is 0 Å². The number of hydrogen-bond donors (Lipinski definition) is 6. The number of aliphatic hydroxyl groups is 5. The molecule has 0 radical (unpaired) electrons. The van der Waals surface area contributed by atoms with Gasteiger partial charge in [0, 0.05) is 6.42 Å². The topological polar surface area (TPSA) is 130 Å². The molecule has 0 aliphatic rings. The van der Waals surface area contributed by atoms with Gasteiger partial charge in [-0.15, -0.1) is 0 Å². The molecule has 0 aromatic carbocycles. The number of hydrogen-bond acceptors (Lipinski definition) is 6. The van der Waals surface area contributed by atoms with E-state index in [1.54, 1.807) is 36.5 Å². The summed E-state index contributed by atoms with van der Waals surface area (Å²) in [5.74, 6) is -0.319. The summed E-state index contributed by atoms with van der Waals surface area (Å²) in [6, 6.07) is -0.780. The minimum atomic E-state index is -1.06. The van der Waals surface area contributed by atoms with Crippen molar-refractivity contribution in [3.8, 4) is 0 Å². The van der Waals surface area contributed by atoms with Crippen LogP contribution in [-0.4, -0.2) is 68.5 Å². The zero-order valence-corrected chi connectivity index (χ0v) is 27.7. The first kappa shape index (κ1) is 42.0. The Balaban J connectivity index is 4.11. The van der Waals surface area contributed by atoms with Crippen LogP contribution >= 0.6 is 0 Å². The molecule has 7 heteroatoms. The van der Waals surface area contributed by atoms with Crippen LogP contribution in [0.4, 0.5) is 0 Å². The fourth-order valence-electron chi connectivity index (χ4n) is 4.73. The highest BCUT2D eigenvalue weighted by molar-refractivity contribution is 5.76. The summed E-state index contributed by atoms with van der Waals surface area (Å²) in [7, 11) is 0. The highest BCUT2D eigenvalue weighted by atomic mass is 16.3. The van der Waals surface area contributed by atoms with Crippen LogP contribution in [0.25, 0.3) is 0 Å². The molecule has 44 heavy (non-hydrogen) atoms. The predicted molar refractivity (Wildman–Crippen MR) is 183 cm³/mol. The number of nitrogens with one attached hydrogen (secondary N) is 1. The van der Waals surface area contributed by atoms with Gasteiger partial charge < -0.3 is 30.8 Å². The van der Waals surface area contributed by atoms with Gasteiger partial charge in [0.25, 0.3) is 0 Å². The summed E-state index contributed by atoms with van der Waals surface area (Å²) in [5, 5.41) is 52.8. The molecule has 0 spiro atoms. The van der Waals surface area contributed by atoms with Gasteiger partial charge in [-0.2, -0.15) is 0 Å². The third-order valence-corrected chi connectivity index (χ3v) is 7.61. The molecule has 0 aromatic heterocycles. The maximum atomic E-state index is 12.3. The Labute approximate surface area is 268 Å². The summed E-state index contributed by atoms with van der Waals surface area (Å²) in [6.45, 7) is 4.00. The van der Waals surface area contributed by atoms with Gasteiger partial charge in [-0.1, -0.05) is 152 Å². The number of allylic oxidation sites excluding steroid dienone is 7. The van der Waals surface area contributed by atoms with Gasteiger partial charge in [0.2, 0.25) is 5.91 Å². The third-order valence-electron chi connectivity index (χ3n) is 7.61. The molecular formula is C37H65NO6. The first-order valence-corrected chi connectivity index (χ1v) is 17.3. The van der Waals surface area contributed by atoms with Gasteiger partial charge in [0.05, 0.1) is 37.1 Å². The lowest BCUT2D eigenvalue weighted by Gasteiger charge is -2.20. The van der Waals surface area contributed by atoms with Crippen molar-refractivity contribution in [2.75, 3.05) is 6.61 Å². The largest absolute Gasteiger partial charge is 0.394 e. The molecule has 0 aliphatic carbocycles. The molecule has 0 rings (SSSR count). The van der Waals surface area contributed by atoms with Crippen molar-refractivity contribution in [2.24, 2.45) is 0 Å². The fraction of sp³-hybridized carbons (Fsp3) is 0.703. The Bertz CT molecular complexity index is 806. The molecule has 0 saturated carbocycles. The molecule has 1 amide bonds. The third kappa shape index (κ3) is 26.4. The molecule has 6 N–H and O–H groups in total. The van der Waals surface area contributed by atoms with E-state index < -0.39 is 30.5 Å². The van der Waals surface area contributed by atoms with E-state index >= 15 is 0 Å². The monoisotopic (exact) mass is 619 g/mol. The lowest BCUT2D eigenvalue weighted by atomic mass is 10.0. The molecular weight excluding hydrogens is 554 g/mol. The lowest BCUT2D eigenvalue weighted by molar-refractivity contribution is -0.123. The number of amides is 1. The van der Waals surface area contributed by atoms with Crippen LogP contribution in [0.5, 0.6) is 0 Å². The Hall–Kier alpha value is -2.03. The van der Waals surface area contributed by atoms with E-state index in [0.29, 0.717) is 6.42 Å². The molecule has 0 heterocycles. The zero-order chi connectivity index (χ0) is 32.7. The Morgan fingerprint density at radius 1 is 0.614 bits per heavy atom. The number of unbranched alkanes of at least 4 members (excludes halogenated alkanes) is 12. The van der Waals surface area contributed by atoms with Crippen molar-refractivity contribution in [1.29, 1.82) is 0 Å². The van der Waals surface area contributed by atoms with Crippen molar-refractivity contribution < 1.29 is 30.3 Å². The molecule has 7 nitrogen and oxygen atoms in total. The smallest absolute Gasteiger partial charge is 0.220 e. The molecule has 0 fully saturated rings. The van der Waals surface area contributed by atoms with E-state index in [1.165, 1.54) is 63.9 Å². The van der Waals surface area contributed by atoms with Gasteiger partial charge in [-0.3, -0.25) is 4.79 Å². The molecule has 0 aromatic rings. The Kier molecular flexibility index (Phi) is 29.5. The van der Waals surface area contributed by atoms with Gasteiger partial charge in [0.1, 0.15) is 0 Å². The molecule has 0 aliphatic heterocycles. The molecule has 0 saturated heterocycles. The second-order valence-electron chi connectivity index (χ2n) is 11.8. The highest BCUT2D eigenvalue weighted by Gasteiger charge is 2.19. The SMILES string of the molecule is CCCCCCCCCCCC/C=C/[C@@H](O)[C@H](CO)NC(=O)CCC[C@H](O)[C@@H](O)/C=C/C=C/C=C\C=C\[C@@H](O)CCCCC. The van der Waals surface area contributed by atoms with Gasteiger partial charge in [-0.05, 0) is 32.1 Å². The van der Waals surface area contributed by atoms with Crippen molar-refractivity contribution in [2.45, 2.75) is 160 Å². The van der Waals surface area contributed by atoms with Crippen LogP contribution in [0, 0.1) is 0 Å². The summed E-state index contributed by atoms with van der Waals surface area (Å²) in [6.07, 6.45) is 32.3. The summed E-state index contributed by atoms with van der Waals surface area (Å²) in [5.41, 5.74) is 0. The average molecular weight is 620 g/mol. The maximum Gasteiger partial charge on any atom is 0.220 e. The van der Waals surface area contributed by atoms with Crippen LogP contribution in [-0.2, 0) is 4.79 Å². The number of rotatable bonds is 29. The zero-order valence-electron chi connectivity index (χ0n) is 27.7. The van der Waals surface area contributed by atoms with E-state index in [2.05, 4.69) is 19.2 Å². The number of carbonyl (C=O) groups is 1. The fourth-order valence-corrected chi connectivity index (χ4v) is 4.73. The van der Waals surface area contributed by atoms with Gasteiger partial charge >= 0.3 is 0 Å². The second kappa shape index (κ2) is 31.0. The summed E-state index contributed by atoms with van der Waals surface area (Å²) < 4.78 is 0. The second-order valence-corrected chi connectivity index (χ2v) is 11.8. The Morgan fingerprint density at radius 3 is 1.77 bits per heavy atom. The highest BCUT2D eigenvalue weighted by Crippen LogP contribution is 2.12. The van der Waals surface area contributed by atoms with E-state index in [-0.39, 0.29) is 25.4 Å². The van der Waals surface area contributed by atoms with Gasteiger partial charge in [0.15, 0.2) is 0 Å². The van der Waals surface area contributed by atoms with Crippen LogP contribution < -0.4 is 5.32 Å². The van der Waals surface area contributed by atoms with Crippen LogP contribution in [0.15, 0.2) is 60.8 Å². The first-order valence-electron chi connectivity index (χ1n) is 17.3. The van der Waals surface area contributed by atoms with E-state index in [9.17, 15) is 30.3 Å². The van der Waals surface area contributed by atoms with E-state index in [1.807, 2.05) is 18.2 Å². The van der Waals surface area contributed by atoms with Crippen molar-refractivity contribution >= 4 is 5.91 Å². The maximum absolute atomic E-state index is 12.3. The first-order chi connectivity index (χ1) is 21.3. The van der Waals surface area contributed by atoms with Crippen LogP contribution in [0.1, 0.15) is 129 Å². The van der Waals surface area contributed by atoms with E-state index in [4.69, 9.17) is 0 Å². The van der Waals surface area contributed by atoms with E-state index in [0.717, 1.165) is 38.5 Å². The van der Waals surface area contributed by atoms with Crippen LogP contribution in [0.3, 0.4) is 0 Å². The normalized spacial score (nSPS) is 16.1. The number of carbonyl (C=O) groups excluding carboxylic acids is 1. The number of aliphatic hydroxyl groups excluding tert-OH is 5. The van der Waals surface area contributed by atoms with Crippen molar-refractivity contribution in [1.82, 2.24) is 5.32 Å². The van der Waals surface area contributed by atoms with Crippen molar-refractivity contribution in [3.05, 3.63) is 60.8 Å². The minimum absolute atomic E-state index is 0.116. The minimum Gasteiger partial charge on any atom is -0.394 e. The molecule has 0 bridgehead atoms. The summed E-state index contributed by atoms with van der Waals surface area (Å²) in [4.78, 5) is 12.3. The quantitative estimate of drug-likeness (QED) is 0.0312. The molecule has 254 valence electrons. The summed E-state index contributed by atoms with van der Waals surface area (Å²) >= 11 is 0. The molecule has 0 unspecified atom stereocenters. The average Bonchev–Trinajstić information content (AvgIpc) is 3.01. The van der Waals surface area contributed by atoms with Gasteiger partial charge in [-0.25, -0.2) is 0 Å². The molecule has 5 atom stereocenters. The Morgan fingerprint density at radius 2 is 1.16 bits per heavy atom.